The van der Waals surface area contributed by atoms with Gasteiger partial charge in [-0.25, -0.2) is 0 Å². The summed E-state index contributed by atoms with van der Waals surface area (Å²) < 4.78 is 0. The van der Waals surface area contributed by atoms with Crippen molar-refractivity contribution in [1.82, 2.24) is 5.32 Å². The van der Waals surface area contributed by atoms with E-state index < -0.39 is 0 Å². The van der Waals surface area contributed by atoms with Crippen molar-refractivity contribution in [3.63, 3.8) is 0 Å². The smallest absolute Gasteiger partial charge is 0.0555 e. The van der Waals surface area contributed by atoms with Gasteiger partial charge < -0.3 is 10.4 Å². The van der Waals surface area contributed by atoms with E-state index in [1.807, 2.05) is 0 Å². The monoisotopic (exact) mass is 345 g/mol. The first-order valence-corrected chi connectivity index (χ1v) is 9.38. The average Bonchev–Trinajstić information content (AvgIpc) is 2.72. The van der Waals surface area contributed by atoms with Crippen LogP contribution < -0.4 is 5.32 Å². The van der Waals surface area contributed by atoms with Crippen molar-refractivity contribution < 1.29 is 5.11 Å². The van der Waals surface area contributed by atoms with E-state index in [9.17, 15) is 0 Å². The lowest BCUT2D eigenvalue weighted by Crippen LogP contribution is -2.21. The number of rotatable bonds is 9. The molecule has 0 saturated carbocycles. The van der Waals surface area contributed by atoms with Crippen molar-refractivity contribution in [2.45, 2.75) is 18.8 Å². The number of benzene rings is 3. The van der Waals surface area contributed by atoms with Crippen molar-refractivity contribution in [1.29, 1.82) is 0 Å². The third kappa shape index (κ3) is 5.04. The van der Waals surface area contributed by atoms with Gasteiger partial charge in [0.2, 0.25) is 0 Å². The molecular weight excluding hydrogens is 318 g/mol. The van der Waals surface area contributed by atoms with Crippen LogP contribution in [0.25, 0.3) is 11.1 Å². The Morgan fingerprint density at radius 3 is 2.12 bits per heavy atom. The molecule has 2 heteroatoms. The van der Waals surface area contributed by atoms with E-state index in [1.165, 1.54) is 22.3 Å². The van der Waals surface area contributed by atoms with Crippen molar-refractivity contribution in [3.05, 3.63) is 96.1 Å². The molecule has 3 aromatic carbocycles. The van der Waals surface area contributed by atoms with Crippen LogP contribution in [0.2, 0.25) is 0 Å². The van der Waals surface area contributed by atoms with E-state index in [-0.39, 0.29) is 6.61 Å². The highest BCUT2D eigenvalue weighted by Gasteiger charge is 2.14. The topological polar surface area (TPSA) is 32.3 Å². The molecule has 0 saturated heterocycles. The SMILES string of the molecule is OCCNCC[C@@H](Cc1ccccc1-c1ccccc1)c1ccccc1. The first-order chi connectivity index (χ1) is 12.9. The standard InChI is InChI=1S/C24H27NO/c26-18-17-25-16-15-22(20-9-3-1-4-10-20)19-23-13-7-8-14-24(23)21-11-5-2-6-12-21/h1-14,22,25-26H,15-19H2/t22-/m0/s1. The van der Waals surface area contributed by atoms with Crippen LogP contribution in [0.5, 0.6) is 0 Å². The molecular formula is C24H27NO. The van der Waals surface area contributed by atoms with Gasteiger partial charge >= 0.3 is 0 Å². The molecule has 1 atom stereocenters. The van der Waals surface area contributed by atoms with Gasteiger partial charge in [-0.3, -0.25) is 0 Å². The second-order valence-corrected chi connectivity index (χ2v) is 6.60. The van der Waals surface area contributed by atoms with Gasteiger partial charge in [0, 0.05) is 6.54 Å². The molecule has 26 heavy (non-hydrogen) atoms. The van der Waals surface area contributed by atoms with Crippen LogP contribution in [0.15, 0.2) is 84.9 Å². The zero-order chi connectivity index (χ0) is 18.0. The Balaban J connectivity index is 1.83. The van der Waals surface area contributed by atoms with E-state index in [0.29, 0.717) is 12.5 Å². The molecule has 0 fully saturated rings. The maximum absolute atomic E-state index is 8.98. The second-order valence-electron chi connectivity index (χ2n) is 6.60. The number of hydrogen-bond donors (Lipinski definition) is 2. The summed E-state index contributed by atoms with van der Waals surface area (Å²) in [5.41, 5.74) is 5.35. The molecule has 2 nitrogen and oxygen atoms in total. The first kappa shape index (κ1) is 18.4. The van der Waals surface area contributed by atoms with Crippen molar-refractivity contribution >= 4 is 0 Å². The summed E-state index contributed by atoms with van der Waals surface area (Å²) in [5, 5.41) is 12.3. The molecule has 0 bridgehead atoms. The Kier molecular flexibility index (Phi) is 7.00. The molecule has 3 aromatic rings. The summed E-state index contributed by atoms with van der Waals surface area (Å²) in [7, 11) is 0. The van der Waals surface area contributed by atoms with Gasteiger partial charge in [-0.2, -0.15) is 0 Å². The fraction of sp³-hybridized carbons (Fsp3) is 0.250. The van der Waals surface area contributed by atoms with Gasteiger partial charge in [0.25, 0.3) is 0 Å². The van der Waals surface area contributed by atoms with E-state index in [2.05, 4.69) is 90.2 Å². The quantitative estimate of drug-likeness (QED) is 0.553. The molecule has 0 aliphatic rings. The molecule has 0 aliphatic heterocycles. The maximum atomic E-state index is 8.98. The largest absolute Gasteiger partial charge is 0.395 e. The van der Waals surface area contributed by atoms with Crippen molar-refractivity contribution in [2.75, 3.05) is 19.7 Å². The normalized spacial score (nSPS) is 12.0. The highest BCUT2D eigenvalue weighted by molar-refractivity contribution is 5.67. The first-order valence-electron chi connectivity index (χ1n) is 9.38. The lowest BCUT2D eigenvalue weighted by atomic mass is 9.86. The third-order valence-corrected chi connectivity index (χ3v) is 4.80. The Morgan fingerprint density at radius 1 is 0.731 bits per heavy atom. The van der Waals surface area contributed by atoms with Gasteiger partial charge in [0.05, 0.1) is 6.61 Å². The van der Waals surface area contributed by atoms with Gasteiger partial charge in [-0.05, 0) is 47.6 Å². The van der Waals surface area contributed by atoms with Gasteiger partial charge in [0.15, 0.2) is 0 Å². The minimum Gasteiger partial charge on any atom is -0.395 e. The van der Waals surface area contributed by atoms with E-state index >= 15 is 0 Å². The third-order valence-electron chi connectivity index (χ3n) is 4.80. The van der Waals surface area contributed by atoms with E-state index in [1.54, 1.807) is 0 Å². The molecule has 2 N–H and O–H groups in total. The van der Waals surface area contributed by atoms with Gasteiger partial charge in [-0.1, -0.05) is 84.9 Å². The summed E-state index contributed by atoms with van der Waals surface area (Å²) in [5.74, 6) is 0.451. The molecule has 0 aromatic heterocycles. The fourth-order valence-corrected chi connectivity index (χ4v) is 3.46. The fourth-order valence-electron chi connectivity index (χ4n) is 3.46. The lowest BCUT2D eigenvalue weighted by molar-refractivity contribution is 0.291. The summed E-state index contributed by atoms with van der Waals surface area (Å²) in [6.07, 6.45) is 2.06. The Labute approximate surface area is 156 Å². The van der Waals surface area contributed by atoms with Crippen molar-refractivity contribution in [2.24, 2.45) is 0 Å². The summed E-state index contributed by atoms with van der Waals surface area (Å²) >= 11 is 0. The number of hydrogen-bond acceptors (Lipinski definition) is 2. The highest BCUT2D eigenvalue weighted by Crippen LogP contribution is 2.30. The Hall–Kier alpha value is -2.42. The average molecular weight is 345 g/mol. The second kappa shape index (κ2) is 9.91. The zero-order valence-electron chi connectivity index (χ0n) is 15.1. The minimum atomic E-state index is 0.187. The maximum Gasteiger partial charge on any atom is 0.0555 e. The lowest BCUT2D eigenvalue weighted by Gasteiger charge is -2.20. The van der Waals surface area contributed by atoms with Crippen molar-refractivity contribution in [3.8, 4) is 11.1 Å². The van der Waals surface area contributed by atoms with E-state index in [4.69, 9.17) is 5.11 Å². The molecule has 0 radical (unpaired) electrons. The summed E-state index contributed by atoms with van der Waals surface area (Å²) in [6, 6.07) is 30.1. The highest BCUT2D eigenvalue weighted by atomic mass is 16.3. The predicted molar refractivity (Wildman–Crippen MR) is 109 cm³/mol. The molecule has 0 amide bonds. The Morgan fingerprint density at radius 2 is 1.38 bits per heavy atom. The van der Waals surface area contributed by atoms with Crippen LogP contribution in [-0.2, 0) is 6.42 Å². The Bertz CT molecular complexity index is 770. The number of aliphatic hydroxyl groups is 1. The summed E-state index contributed by atoms with van der Waals surface area (Å²) in [6.45, 7) is 1.75. The summed E-state index contributed by atoms with van der Waals surface area (Å²) in [4.78, 5) is 0. The number of aliphatic hydroxyl groups excluding tert-OH is 1. The predicted octanol–water partition coefficient (Wildman–Crippen LogP) is 4.65. The molecule has 3 rings (SSSR count). The molecule has 0 aliphatic carbocycles. The molecule has 134 valence electrons. The van der Waals surface area contributed by atoms with E-state index in [0.717, 1.165) is 19.4 Å². The van der Waals surface area contributed by atoms with Crippen LogP contribution in [0, 0.1) is 0 Å². The van der Waals surface area contributed by atoms with Crippen LogP contribution in [0.3, 0.4) is 0 Å². The van der Waals surface area contributed by atoms with Gasteiger partial charge in [-0.15, -0.1) is 0 Å². The van der Waals surface area contributed by atoms with Crippen LogP contribution in [0.4, 0.5) is 0 Å². The minimum absolute atomic E-state index is 0.187. The van der Waals surface area contributed by atoms with Crippen LogP contribution in [0.1, 0.15) is 23.5 Å². The molecule has 0 unspecified atom stereocenters. The van der Waals surface area contributed by atoms with Gasteiger partial charge in [0.1, 0.15) is 0 Å². The molecule has 0 spiro atoms. The zero-order valence-corrected chi connectivity index (χ0v) is 15.1. The number of nitrogens with one attached hydrogen (secondary N) is 1. The molecule has 0 heterocycles. The van der Waals surface area contributed by atoms with Crippen LogP contribution >= 0.6 is 0 Å². The van der Waals surface area contributed by atoms with Crippen LogP contribution in [-0.4, -0.2) is 24.8 Å².